The first kappa shape index (κ1) is 20.0. The fourth-order valence-corrected chi connectivity index (χ4v) is 3.56. The average Bonchev–Trinajstić information content (AvgIpc) is 3.36. The van der Waals surface area contributed by atoms with Crippen LogP contribution >= 0.6 is 0 Å². The number of amides is 1. The second kappa shape index (κ2) is 7.86. The number of halogens is 1. The molecule has 2 aromatic carbocycles. The lowest BCUT2D eigenvalue weighted by atomic mass is 9.94. The Morgan fingerprint density at radius 3 is 2.58 bits per heavy atom. The molecule has 1 aliphatic rings. The third-order valence-electron chi connectivity index (χ3n) is 4.98. The predicted molar refractivity (Wildman–Crippen MR) is 106 cm³/mol. The van der Waals surface area contributed by atoms with Gasteiger partial charge in [-0.3, -0.25) is 19.7 Å². The van der Waals surface area contributed by atoms with Crippen LogP contribution in [0.25, 0.3) is 5.76 Å². The number of nitro groups is 1. The van der Waals surface area contributed by atoms with E-state index >= 15 is 0 Å². The van der Waals surface area contributed by atoms with Crippen molar-refractivity contribution >= 4 is 23.1 Å². The number of non-ortho nitro benzene ring substituents is 1. The summed E-state index contributed by atoms with van der Waals surface area (Å²) in [6.45, 7) is -0.137. The minimum absolute atomic E-state index is 0.000219. The summed E-state index contributed by atoms with van der Waals surface area (Å²) < 4.78 is 20.0. The van der Waals surface area contributed by atoms with Crippen molar-refractivity contribution in [1.82, 2.24) is 4.90 Å². The fraction of sp³-hybridized carbons (Fsp3) is 0.0909. The largest absolute Gasteiger partial charge is 0.507 e. The topological polar surface area (TPSA) is 114 Å². The molecule has 0 aliphatic carbocycles. The highest BCUT2D eigenvalue weighted by Crippen LogP contribution is 2.41. The maximum Gasteiger partial charge on any atom is 0.296 e. The highest BCUT2D eigenvalue weighted by atomic mass is 19.1. The van der Waals surface area contributed by atoms with Crippen LogP contribution in [0.5, 0.6) is 0 Å². The van der Waals surface area contributed by atoms with E-state index in [2.05, 4.69) is 0 Å². The van der Waals surface area contributed by atoms with Gasteiger partial charge in [0.2, 0.25) is 0 Å². The number of benzene rings is 2. The zero-order chi connectivity index (χ0) is 22.1. The van der Waals surface area contributed by atoms with Gasteiger partial charge in [0.05, 0.1) is 29.3 Å². The smallest absolute Gasteiger partial charge is 0.296 e. The zero-order valence-electron chi connectivity index (χ0n) is 15.9. The number of aliphatic hydroxyl groups is 1. The van der Waals surface area contributed by atoms with E-state index in [1.165, 1.54) is 42.7 Å². The van der Waals surface area contributed by atoms with Crippen LogP contribution in [0.15, 0.2) is 76.9 Å². The van der Waals surface area contributed by atoms with Gasteiger partial charge in [-0.1, -0.05) is 30.3 Å². The van der Waals surface area contributed by atoms with Crippen LogP contribution in [0.1, 0.15) is 22.9 Å². The van der Waals surface area contributed by atoms with E-state index in [9.17, 15) is 29.2 Å². The van der Waals surface area contributed by atoms with Gasteiger partial charge in [0.15, 0.2) is 0 Å². The number of nitro benzene ring substituents is 1. The molecule has 0 spiro atoms. The molecule has 0 bridgehead atoms. The maximum atomic E-state index is 14.7. The van der Waals surface area contributed by atoms with Gasteiger partial charge in [-0.25, -0.2) is 4.39 Å². The summed E-state index contributed by atoms with van der Waals surface area (Å²) in [5.74, 6) is -2.92. The molecule has 2 heterocycles. The highest BCUT2D eigenvalue weighted by molar-refractivity contribution is 6.46. The third kappa shape index (κ3) is 3.57. The van der Waals surface area contributed by atoms with Crippen molar-refractivity contribution in [3.8, 4) is 0 Å². The van der Waals surface area contributed by atoms with Crippen molar-refractivity contribution in [1.29, 1.82) is 0 Å². The molecule has 9 heteroatoms. The van der Waals surface area contributed by atoms with E-state index in [4.69, 9.17) is 4.42 Å². The van der Waals surface area contributed by atoms with Crippen LogP contribution in [0.2, 0.25) is 0 Å². The molecule has 3 aromatic rings. The molecule has 8 nitrogen and oxygen atoms in total. The van der Waals surface area contributed by atoms with Crippen molar-refractivity contribution in [2.45, 2.75) is 12.6 Å². The number of Topliss-reactive ketones (excluding diaryl/α,β-unsaturated/α-hetero) is 1. The van der Waals surface area contributed by atoms with Gasteiger partial charge in [0.1, 0.15) is 17.3 Å². The van der Waals surface area contributed by atoms with E-state index in [-0.39, 0.29) is 28.9 Å². The number of carbonyl (C=O) groups excluding carboxylic acids is 2. The average molecular weight is 422 g/mol. The number of carbonyl (C=O) groups is 2. The minimum atomic E-state index is -1.24. The summed E-state index contributed by atoms with van der Waals surface area (Å²) in [5, 5.41) is 22.0. The van der Waals surface area contributed by atoms with Crippen LogP contribution < -0.4 is 0 Å². The Bertz CT molecular complexity index is 1220. The molecule has 1 unspecified atom stereocenters. The number of hydrogen-bond donors (Lipinski definition) is 1. The van der Waals surface area contributed by atoms with Gasteiger partial charge in [0, 0.05) is 23.3 Å². The van der Waals surface area contributed by atoms with Gasteiger partial charge >= 0.3 is 0 Å². The number of hydrogen-bond acceptors (Lipinski definition) is 6. The first-order valence-corrected chi connectivity index (χ1v) is 9.18. The molecular formula is C22H15FN2O6. The summed E-state index contributed by atoms with van der Waals surface area (Å²) in [7, 11) is 0. The van der Waals surface area contributed by atoms with E-state index in [0.29, 0.717) is 5.76 Å². The van der Waals surface area contributed by atoms with Crippen LogP contribution in [0, 0.1) is 15.9 Å². The Hall–Kier alpha value is -4.27. The summed E-state index contributed by atoms with van der Waals surface area (Å²) in [5.41, 5.74) is -0.703. The second-order valence-electron chi connectivity index (χ2n) is 6.84. The lowest BCUT2D eigenvalue weighted by Crippen LogP contribution is -2.29. The van der Waals surface area contributed by atoms with Crippen molar-refractivity contribution < 1.29 is 28.4 Å². The Kier molecular flexibility index (Phi) is 5.08. The van der Waals surface area contributed by atoms with E-state index in [1.807, 2.05) is 0 Å². The summed E-state index contributed by atoms with van der Waals surface area (Å²) in [4.78, 5) is 37.2. The van der Waals surface area contributed by atoms with Crippen LogP contribution in [-0.2, 0) is 16.1 Å². The molecule has 0 saturated carbocycles. The molecule has 0 radical (unpaired) electrons. The Morgan fingerprint density at radius 2 is 1.90 bits per heavy atom. The maximum absolute atomic E-state index is 14.7. The van der Waals surface area contributed by atoms with Gasteiger partial charge in [-0.2, -0.15) is 0 Å². The van der Waals surface area contributed by atoms with Crippen molar-refractivity contribution in [2.24, 2.45) is 0 Å². The third-order valence-corrected chi connectivity index (χ3v) is 4.98. The summed E-state index contributed by atoms with van der Waals surface area (Å²) >= 11 is 0. The first-order valence-electron chi connectivity index (χ1n) is 9.18. The molecule has 1 aromatic heterocycles. The minimum Gasteiger partial charge on any atom is -0.507 e. The molecule has 4 rings (SSSR count). The lowest BCUT2D eigenvalue weighted by molar-refractivity contribution is -0.384. The number of nitrogens with zero attached hydrogens (tertiary/aromatic N) is 2. The van der Waals surface area contributed by atoms with Crippen molar-refractivity contribution in [3.05, 3.63) is 105 Å². The number of likely N-dealkylation sites (tertiary alicyclic amines) is 1. The molecule has 1 fully saturated rings. The molecule has 1 atom stereocenters. The van der Waals surface area contributed by atoms with Crippen molar-refractivity contribution in [3.63, 3.8) is 0 Å². The summed E-state index contributed by atoms with van der Waals surface area (Å²) in [6.07, 6.45) is 1.40. The highest BCUT2D eigenvalue weighted by Gasteiger charge is 2.47. The number of rotatable bonds is 5. The standard InChI is InChI=1S/C22H15FN2O6/c23-17-9-2-1-8-16(17)19-18(20(26)13-5-3-6-14(11-13)25(29)30)21(27)22(28)24(19)12-15-7-4-10-31-15/h1-11,19,26H,12H2. The first-order chi connectivity index (χ1) is 14.9. The summed E-state index contributed by atoms with van der Waals surface area (Å²) in [6, 6.07) is 12.5. The SMILES string of the molecule is O=C1C(=O)N(Cc2ccco2)C(c2ccccc2F)C1=C(O)c1cccc([N+](=O)[O-])c1. The van der Waals surface area contributed by atoms with E-state index in [1.54, 1.807) is 18.2 Å². The monoisotopic (exact) mass is 422 g/mol. The van der Waals surface area contributed by atoms with Crippen LogP contribution in [0.3, 0.4) is 0 Å². The molecular weight excluding hydrogens is 407 g/mol. The Morgan fingerprint density at radius 1 is 1.13 bits per heavy atom. The lowest BCUT2D eigenvalue weighted by Gasteiger charge is -2.24. The normalized spacial score (nSPS) is 17.8. The van der Waals surface area contributed by atoms with Gasteiger partial charge in [-0.05, 0) is 18.2 Å². The molecule has 1 saturated heterocycles. The predicted octanol–water partition coefficient (Wildman–Crippen LogP) is 3.95. The van der Waals surface area contributed by atoms with Crippen molar-refractivity contribution in [2.75, 3.05) is 0 Å². The molecule has 1 aliphatic heterocycles. The molecule has 31 heavy (non-hydrogen) atoms. The quantitative estimate of drug-likeness (QED) is 0.219. The number of ketones is 1. The van der Waals surface area contributed by atoms with Gasteiger partial charge in [0.25, 0.3) is 17.4 Å². The fourth-order valence-electron chi connectivity index (χ4n) is 3.56. The van der Waals surface area contributed by atoms with Crippen LogP contribution in [-0.4, -0.2) is 26.6 Å². The molecule has 1 N–H and O–H groups in total. The zero-order valence-corrected chi connectivity index (χ0v) is 15.9. The van der Waals surface area contributed by atoms with E-state index in [0.717, 1.165) is 11.0 Å². The van der Waals surface area contributed by atoms with Gasteiger partial charge in [-0.15, -0.1) is 0 Å². The number of aliphatic hydroxyl groups excluding tert-OH is 1. The Labute approximate surface area is 175 Å². The molecule has 156 valence electrons. The van der Waals surface area contributed by atoms with E-state index < -0.39 is 34.2 Å². The second-order valence-corrected chi connectivity index (χ2v) is 6.84. The molecule has 1 amide bonds. The van der Waals surface area contributed by atoms with Gasteiger partial charge < -0.3 is 14.4 Å². The Balaban J connectivity index is 1.90. The number of furan rings is 1. The van der Waals surface area contributed by atoms with Crippen LogP contribution in [0.4, 0.5) is 10.1 Å².